The van der Waals surface area contributed by atoms with E-state index in [0.29, 0.717) is 11.3 Å². The Morgan fingerprint density at radius 2 is 1.74 bits per heavy atom. The third-order valence-electron chi connectivity index (χ3n) is 5.01. The molecule has 1 atom stereocenters. The molecule has 7 heteroatoms. The van der Waals surface area contributed by atoms with Crippen molar-refractivity contribution in [1.82, 2.24) is 0 Å². The lowest BCUT2D eigenvalue weighted by molar-refractivity contribution is -0.130. The molecule has 0 aliphatic carbocycles. The minimum Gasteiger partial charge on any atom is -0.478 e. The zero-order chi connectivity index (χ0) is 22.1. The first-order valence-electron chi connectivity index (χ1n) is 9.45. The molecule has 3 aromatic rings. The molecule has 156 valence electrons. The van der Waals surface area contributed by atoms with Crippen molar-refractivity contribution in [3.63, 3.8) is 0 Å². The number of hydrogen-bond acceptors (Lipinski definition) is 3. The number of amides is 1. The number of halogens is 2. The van der Waals surface area contributed by atoms with Gasteiger partial charge in [-0.3, -0.25) is 4.79 Å². The quantitative estimate of drug-likeness (QED) is 0.343. The highest BCUT2D eigenvalue weighted by Gasteiger charge is 2.27. The minimum atomic E-state index is -1.10. The van der Waals surface area contributed by atoms with Crippen LogP contribution in [0.3, 0.4) is 0 Å². The Morgan fingerprint density at radius 3 is 2.39 bits per heavy atom. The van der Waals surface area contributed by atoms with Crippen molar-refractivity contribution in [1.29, 1.82) is 0 Å². The molecule has 0 saturated carbocycles. The second kappa shape index (κ2) is 8.46. The predicted octanol–water partition coefficient (Wildman–Crippen LogP) is 6.47. The second-order valence-corrected chi connectivity index (χ2v) is 7.92. The first-order valence-corrected chi connectivity index (χ1v) is 10.2. The van der Waals surface area contributed by atoms with E-state index >= 15 is 0 Å². The molecule has 0 saturated heterocycles. The molecule has 31 heavy (non-hydrogen) atoms. The van der Waals surface area contributed by atoms with Crippen molar-refractivity contribution in [2.75, 3.05) is 5.32 Å². The summed E-state index contributed by atoms with van der Waals surface area (Å²) in [4.78, 5) is 23.7. The van der Waals surface area contributed by atoms with Gasteiger partial charge in [0, 0.05) is 5.69 Å². The molecule has 3 aromatic carbocycles. The molecule has 1 unspecified atom stereocenters. The third-order valence-corrected chi connectivity index (χ3v) is 5.57. The Morgan fingerprint density at radius 1 is 1.06 bits per heavy atom. The third kappa shape index (κ3) is 4.29. The fourth-order valence-corrected chi connectivity index (χ4v) is 3.94. The first-order chi connectivity index (χ1) is 14.8. The molecule has 0 radical (unpaired) electrons. The summed E-state index contributed by atoms with van der Waals surface area (Å²) in [6.07, 6.45) is 1.55. The van der Waals surface area contributed by atoms with Gasteiger partial charge in [-0.25, -0.2) is 4.79 Å². The SMILES string of the molecule is CC1C(=O)Nc2ccc(Oc3c(Cl)cc(C(=Cc4ccccc4)C(=O)O)cc3Cl)cc21. The average Bonchev–Trinajstić information content (AvgIpc) is 3.03. The van der Waals surface area contributed by atoms with Crippen molar-refractivity contribution < 1.29 is 19.4 Å². The highest BCUT2D eigenvalue weighted by atomic mass is 35.5. The Balaban J connectivity index is 1.67. The summed E-state index contributed by atoms with van der Waals surface area (Å²) in [5.74, 6) is -0.778. The van der Waals surface area contributed by atoms with Gasteiger partial charge in [0.1, 0.15) is 5.75 Å². The maximum atomic E-state index is 11.8. The molecule has 0 spiro atoms. The molecule has 0 fully saturated rings. The highest BCUT2D eigenvalue weighted by molar-refractivity contribution is 6.38. The summed E-state index contributed by atoms with van der Waals surface area (Å²) in [5, 5.41) is 12.8. The number of nitrogens with one attached hydrogen (secondary N) is 1. The number of anilines is 1. The summed E-state index contributed by atoms with van der Waals surface area (Å²) >= 11 is 12.8. The zero-order valence-electron chi connectivity index (χ0n) is 16.4. The van der Waals surface area contributed by atoms with E-state index < -0.39 is 5.97 Å². The smallest absolute Gasteiger partial charge is 0.336 e. The fraction of sp³-hybridized carbons (Fsp3) is 0.0833. The van der Waals surface area contributed by atoms with Crippen molar-refractivity contribution in [2.45, 2.75) is 12.8 Å². The van der Waals surface area contributed by atoms with Crippen molar-refractivity contribution in [3.8, 4) is 11.5 Å². The van der Waals surface area contributed by atoms with E-state index in [9.17, 15) is 14.7 Å². The van der Waals surface area contributed by atoms with E-state index in [-0.39, 0.29) is 33.2 Å². The van der Waals surface area contributed by atoms with E-state index in [1.54, 1.807) is 36.4 Å². The summed E-state index contributed by atoms with van der Waals surface area (Å²) in [5.41, 5.74) is 2.72. The summed E-state index contributed by atoms with van der Waals surface area (Å²) in [7, 11) is 0. The number of carboxylic acids is 1. The summed E-state index contributed by atoms with van der Waals surface area (Å²) < 4.78 is 5.89. The van der Waals surface area contributed by atoms with Gasteiger partial charge in [-0.1, -0.05) is 53.5 Å². The molecular weight excluding hydrogens is 437 g/mol. The summed E-state index contributed by atoms with van der Waals surface area (Å²) in [6.45, 7) is 1.81. The van der Waals surface area contributed by atoms with E-state index in [1.165, 1.54) is 12.1 Å². The van der Waals surface area contributed by atoms with Crippen LogP contribution in [-0.4, -0.2) is 17.0 Å². The van der Waals surface area contributed by atoms with Crippen LogP contribution in [0.5, 0.6) is 11.5 Å². The molecule has 4 rings (SSSR count). The normalized spacial score (nSPS) is 15.4. The first kappa shape index (κ1) is 21.0. The largest absolute Gasteiger partial charge is 0.478 e. The number of aliphatic carboxylic acids is 1. The van der Waals surface area contributed by atoms with E-state index in [0.717, 1.165) is 16.8 Å². The number of fused-ring (bicyclic) bond motifs is 1. The number of carbonyl (C=O) groups is 2. The van der Waals surface area contributed by atoms with Crippen LogP contribution < -0.4 is 10.1 Å². The Labute approximate surface area is 188 Å². The van der Waals surface area contributed by atoms with Gasteiger partial charge in [0.2, 0.25) is 5.91 Å². The lowest BCUT2D eigenvalue weighted by Crippen LogP contribution is -2.08. The zero-order valence-corrected chi connectivity index (χ0v) is 17.9. The highest BCUT2D eigenvalue weighted by Crippen LogP contribution is 2.41. The summed E-state index contributed by atoms with van der Waals surface area (Å²) in [6, 6.07) is 17.3. The van der Waals surface area contributed by atoms with Crippen LogP contribution in [0.15, 0.2) is 60.7 Å². The van der Waals surface area contributed by atoms with Gasteiger partial charge in [-0.2, -0.15) is 0 Å². The van der Waals surface area contributed by atoms with Crippen LogP contribution in [0.25, 0.3) is 11.6 Å². The van der Waals surface area contributed by atoms with Gasteiger partial charge >= 0.3 is 5.97 Å². The van der Waals surface area contributed by atoms with Crippen LogP contribution >= 0.6 is 23.2 Å². The molecule has 1 aliphatic rings. The molecule has 1 aliphatic heterocycles. The number of rotatable bonds is 5. The van der Waals surface area contributed by atoms with Gasteiger partial charge < -0.3 is 15.2 Å². The van der Waals surface area contributed by atoms with Crippen LogP contribution in [0.2, 0.25) is 10.0 Å². The topological polar surface area (TPSA) is 75.6 Å². The molecular formula is C24H17Cl2NO4. The van der Waals surface area contributed by atoms with E-state index in [4.69, 9.17) is 27.9 Å². The number of ether oxygens (including phenoxy) is 1. The lowest BCUT2D eigenvalue weighted by atomic mass is 10.0. The molecule has 1 amide bonds. The lowest BCUT2D eigenvalue weighted by Gasteiger charge is -2.13. The van der Waals surface area contributed by atoms with Crippen LogP contribution in [0.4, 0.5) is 5.69 Å². The van der Waals surface area contributed by atoms with Crippen molar-refractivity contribution >= 4 is 52.4 Å². The average molecular weight is 454 g/mol. The Kier molecular flexibility index (Phi) is 5.72. The maximum absolute atomic E-state index is 11.8. The van der Waals surface area contributed by atoms with Gasteiger partial charge in [0.25, 0.3) is 0 Å². The number of hydrogen-bond donors (Lipinski definition) is 2. The molecule has 0 aromatic heterocycles. The minimum absolute atomic E-state index is 0.0532. The predicted molar refractivity (Wildman–Crippen MR) is 122 cm³/mol. The standard InChI is InChI=1S/C24H17Cl2NO4/c1-13-17-12-16(7-8-21(17)27-23(13)28)31-22-19(25)10-15(11-20(22)26)18(24(29)30)9-14-5-3-2-4-6-14/h2-13H,1H3,(H,27,28)(H,29,30). The number of carbonyl (C=O) groups excluding carboxylic acids is 1. The molecule has 0 bridgehead atoms. The monoisotopic (exact) mass is 453 g/mol. The van der Waals surface area contributed by atoms with Gasteiger partial charge in [-0.05, 0) is 60.0 Å². The van der Waals surface area contributed by atoms with Gasteiger partial charge in [0.05, 0.1) is 21.5 Å². The molecule has 5 nitrogen and oxygen atoms in total. The fourth-order valence-electron chi connectivity index (χ4n) is 3.37. The Bertz CT molecular complexity index is 1200. The van der Waals surface area contributed by atoms with Crippen molar-refractivity contribution in [3.05, 3.63) is 87.4 Å². The Hall–Kier alpha value is -3.28. The van der Waals surface area contributed by atoms with Crippen LogP contribution in [0, 0.1) is 0 Å². The number of benzene rings is 3. The van der Waals surface area contributed by atoms with Gasteiger partial charge in [0.15, 0.2) is 5.75 Å². The van der Waals surface area contributed by atoms with E-state index in [2.05, 4.69) is 5.32 Å². The van der Waals surface area contributed by atoms with Crippen molar-refractivity contribution in [2.24, 2.45) is 0 Å². The molecule has 2 N–H and O–H groups in total. The maximum Gasteiger partial charge on any atom is 0.336 e. The van der Waals surface area contributed by atoms with Gasteiger partial charge in [-0.15, -0.1) is 0 Å². The number of carboxylic acid groups (broad SMARTS) is 1. The van der Waals surface area contributed by atoms with Crippen LogP contribution in [0.1, 0.15) is 29.5 Å². The molecule has 1 heterocycles. The van der Waals surface area contributed by atoms with E-state index in [1.807, 2.05) is 25.1 Å². The second-order valence-electron chi connectivity index (χ2n) is 7.10. The van der Waals surface area contributed by atoms with Crippen LogP contribution in [-0.2, 0) is 9.59 Å².